The molecule has 1 unspecified atom stereocenters. The zero-order valence-corrected chi connectivity index (χ0v) is 21.8. The van der Waals surface area contributed by atoms with Gasteiger partial charge in [0.05, 0.1) is 11.5 Å². The van der Waals surface area contributed by atoms with Crippen molar-refractivity contribution in [2.75, 3.05) is 11.5 Å². The minimum atomic E-state index is -3.21. The van der Waals surface area contributed by atoms with E-state index < -0.39 is 33.3 Å². The van der Waals surface area contributed by atoms with Gasteiger partial charge in [0, 0.05) is 19.2 Å². The molecule has 1 aliphatic rings. The van der Waals surface area contributed by atoms with Gasteiger partial charge in [-0.1, -0.05) is 18.2 Å². The second kappa shape index (κ2) is 11.7. The number of carboxylic acid groups (broad SMARTS) is 1. The van der Waals surface area contributed by atoms with Crippen LogP contribution in [0.5, 0.6) is 11.6 Å². The summed E-state index contributed by atoms with van der Waals surface area (Å²) in [7, 11) is -3.21. The van der Waals surface area contributed by atoms with Crippen LogP contribution in [-0.4, -0.2) is 52.3 Å². The van der Waals surface area contributed by atoms with Gasteiger partial charge in [0.1, 0.15) is 28.6 Å². The highest BCUT2D eigenvalue weighted by Crippen LogP contribution is 2.28. The summed E-state index contributed by atoms with van der Waals surface area (Å²) in [5.41, 5.74) is 1.23. The SMILES string of the molecule is CC(=O)O.Cc1cccc(Oc2nc3ccccn3c(=O)c2C=C(C#N)C(=O)NC2CCS(=O)(=O)C2)c1C. The summed E-state index contributed by atoms with van der Waals surface area (Å²) in [6.45, 7) is 4.88. The lowest BCUT2D eigenvalue weighted by Crippen LogP contribution is -2.36. The number of fused-ring (bicyclic) bond motifs is 1. The van der Waals surface area contributed by atoms with E-state index in [0.29, 0.717) is 11.4 Å². The summed E-state index contributed by atoms with van der Waals surface area (Å²) in [5.74, 6) is -1.36. The number of amides is 1. The lowest BCUT2D eigenvalue weighted by molar-refractivity contribution is -0.134. The third kappa shape index (κ3) is 6.83. The zero-order chi connectivity index (χ0) is 28.0. The highest BCUT2D eigenvalue weighted by Gasteiger charge is 2.30. The van der Waals surface area contributed by atoms with Crippen molar-refractivity contribution in [2.24, 2.45) is 0 Å². The van der Waals surface area contributed by atoms with Gasteiger partial charge in [0.25, 0.3) is 17.4 Å². The van der Waals surface area contributed by atoms with E-state index in [2.05, 4.69) is 10.3 Å². The van der Waals surface area contributed by atoms with Gasteiger partial charge in [-0.2, -0.15) is 10.2 Å². The number of aliphatic carboxylic acids is 1. The molecule has 0 spiro atoms. The summed E-state index contributed by atoms with van der Waals surface area (Å²) in [5, 5.41) is 19.6. The zero-order valence-electron chi connectivity index (χ0n) is 21.0. The molecule has 3 heterocycles. The lowest BCUT2D eigenvalue weighted by Gasteiger charge is -2.13. The van der Waals surface area contributed by atoms with E-state index in [4.69, 9.17) is 14.6 Å². The third-order valence-corrected chi connectivity index (χ3v) is 7.48. The molecule has 11 nitrogen and oxygen atoms in total. The van der Waals surface area contributed by atoms with Crippen LogP contribution < -0.4 is 15.6 Å². The van der Waals surface area contributed by atoms with Crippen LogP contribution in [0.2, 0.25) is 0 Å². The fraction of sp³-hybridized carbons (Fsp3) is 0.269. The first-order chi connectivity index (χ1) is 17.9. The normalized spacial score (nSPS) is 16.2. The van der Waals surface area contributed by atoms with Gasteiger partial charge < -0.3 is 15.2 Å². The molecular weight excluding hydrogens is 512 g/mol. The lowest BCUT2D eigenvalue weighted by atomic mass is 10.1. The summed E-state index contributed by atoms with van der Waals surface area (Å²) in [6.07, 6.45) is 2.93. The van der Waals surface area contributed by atoms with E-state index in [1.54, 1.807) is 30.3 Å². The van der Waals surface area contributed by atoms with Crippen molar-refractivity contribution in [3.8, 4) is 17.7 Å². The van der Waals surface area contributed by atoms with Crippen molar-refractivity contribution >= 4 is 33.4 Å². The van der Waals surface area contributed by atoms with Crippen LogP contribution in [0.15, 0.2) is 53.0 Å². The maximum Gasteiger partial charge on any atom is 0.300 e. The molecule has 1 atom stereocenters. The molecule has 2 aromatic heterocycles. The first-order valence-electron chi connectivity index (χ1n) is 11.5. The number of aromatic nitrogens is 2. The number of aryl methyl sites for hydroxylation is 1. The molecule has 12 heteroatoms. The summed E-state index contributed by atoms with van der Waals surface area (Å²) < 4.78 is 30.7. The number of ether oxygens (including phenoxy) is 1. The molecule has 0 aliphatic carbocycles. The Labute approximate surface area is 218 Å². The largest absolute Gasteiger partial charge is 0.481 e. The van der Waals surface area contributed by atoms with Crippen molar-refractivity contribution in [3.05, 3.63) is 75.2 Å². The molecule has 1 aromatic carbocycles. The molecule has 0 radical (unpaired) electrons. The number of carbonyl (C=O) groups is 2. The predicted molar refractivity (Wildman–Crippen MR) is 140 cm³/mol. The molecule has 3 aromatic rings. The Bertz CT molecular complexity index is 1630. The monoisotopic (exact) mass is 538 g/mol. The van der Waals surface area contributed by atoms with Crippen molar-refractivity contribution in [3.63, 3.8) is 0 Å². The summed E-state index contributed by atoms with van der Waals surface area (Å²) in [6, 6.07) is 11.7. The third-order valence-electron chi connectivity index (χ3n) is 5.72. The van der Waals surface area contributed by atoms with Gasteiger partial charge in [-0.25, -0.2) is 8.42 Å². The van der Waals surface area contributed by atoms with Gasteiger partial charge in [-0.3, -0.25) is 18.8 Å². The Morgan fingerprint density at radius 2 is 1.95 bits per heavy atom. The molecule has 1 saturated heterocycles. The van der Waals surface area contributed by atoms with Gasteiger partial charge in [-0.15, -0.1) is 0 Å². The smallest absolute Gasteiger partial charge is 0.300 e. The fourth-order valence-corrected chi connectivity index (χ4v) is 5.36. The predicted octanol–water partition coefficient (Wildman–Crippen LogP) is 2.40. The van der Waals surface area contributed by atoms with Crippen molar-refractivity contribution in [2.45, 2.75) is 33.2 Å². The molecule has 4 rings (SSSR count). The molecule has 198 valence electrons. The molecule has 0 saturated carbocycles. The Balaban J connectivity index is 0.000000934. The Kier molecular flexibility index (Phi) is 8.64. The fourth-order valence-electron chi connectivity index (χ4n) is 3.69. The Morgan fingerprint density at radius 1 is 1.24 bits per heavy atom. The average Bonchev–Trinajstić information content (AvgIpc) is 3.19. The van der Waals surface area contributed by atoms with E-state index in [0.717, 1.165) is 24.1 Å². The van der Waals surface area contributed by atoms with Gasteiger partial charge >= 0.3 is 0 Å². The average molecular weight is 539 g/mol. The molecular formula is C26H26N4O7S. The molecule has 1 fully saturated rings. The Morgan fingerprint density at radius 3 is 2.58 bits per heavy atom. The van der Waals surface area contributed by atoms with Crippen LogP contribution in [0.1, 0.15) is 30.0 Å². The number of carboxylic acids is 1. The number of hydrogen-bond donors (Lipinski definition) is 2. The highest BCUT2D eigenvalue weighted by atomic mass is 32.2. The first kappa shape index (κ1) is 28.1. The molecule has 1 amide bonds. The van der Waals surface area contributed by atoms with E-state index in [-0.39, 0.29) is 34.9 Å². The van der Waals surface area contributed by atoms with E-state index in [1.165, 1.54) is 10.6 Å². The van der Waals surface area contributed by atoms with Crippen LogP contribution in [-0.2, 0) is 19.4 Å². The van der Waals surface area contributed by atoms with Crippen LogP contribution in [0.4, 0.5) is 0 Å². The molecule has 38 heavy (non-hydrogen) atoms. The quantitative estimate of drug-likeness (QED) is 0.366. The van der Waals surface area contributed by atoms with Crippen LogP contribution in [0.3, 0.4) is 0 Å². The Hall–Kier alpha value is -4.50. The maximum absolute atomic E-state index is 13.3. The highest BCUT2D eigenvalue weighted by molar-refractivity contribution is 7.91. The van der Waals surface area contributed by atoms with E-state index >= 15 is 0 Å². The van der Waals surface area contributed by atoms with Gasteiger partial charge in [0.2, 0.25) is 5.88 Å². The minimum Gasteiger partial charge on any atom is -0.481 e. The van der Waals surface area contributed by atoms with Crippen molar-refractivity contribution in [1.29, 1.82) is 5.26 Å². The van der Waals surface area contributed by atoms with Crippen LogP contribution >= 0.6 is 0 Å². The molecule has 0 bridgehead atoms. The van der Waals surface area contributed by atoms with Crippen molar-refractivity contribution in [1.82, 2.24) is 14.7 Å². The van der Waals surface area contributed by atoms with Crippen molar-refractivity contribution < 1.29 is 27.9 Å². The molecule has 1 aliphatic heterocycles. The standard InChI is InChI=1S/C24H22N4O5S.C2H4O2/c1-15-6-5-7-20(16(15)2)33-23-19(24(30)28-10-4-3-8-21(28)27-23)12-17(13-25)22(29)26-18-9-11-34(31,32)14-18;1-2(3)4/h3-8,10,12,18H,9,11,14H2,1-2H3,(H,26,29);1H3,(H,3,4). The summed E-state index contributed by atoms with van der Waals surface area (Å²) >= 11 is 0. The van der Waals surface area contributed by atoms with Gasteiger partial charge in [-0.05, 0) is 55.7 Å². The number of nitrogens with zero attached hydrogens (tertiary/aromatic N) is 3. The minimum absolute atomic E-state index is 0.0205. The topological polar surface area (TPSA) is 168 Å². The molecule has 2 N–H and O–H groups in total. The second-order valence-electron chi connectivity index (χ2n) is 8.63. The van der Waals surface area contributed by atoms with E-state index in [9.17, 15) is 23.3 Å². The number of nitrogens with one attached hydrogen (secondary N) is 1. The summed E-state index contributed by atoms with van der Waals surface area (Å²) in [4.78, 5) is 39.4. The number of carbonyl (C=O) groups excluding carboxylic acids is 1. The maximum atomic E-state index is 13.3. The second-order valence-corrected chi connectivity index (χ2v) is 10.9. The number of hydrogen-bond acceptors (Lipinski definition) is 8. The number of benzene rings is 1. The number of nitriles is 1. The number of rotatable bonds is 5. The van der Waals surface area contributed by atoms with Gasteiger partial charge in [0.15, 0.2) is 9.84 Å². The number of pyridine rings is 1. The van der Waals surface area contributed by atoms with Crippen LogP contribution in [0.25, 0.3) is 11.7 Å². The number of sulfone groups is 1. The van der Waals surface area contributed by atoms with Crippen LogP contribution in [0, 0.1) is 25.2 Å². The first-order valence-corrected chi connectivity index (χ1v) is 13.3. The van der Waals surface area contributed by atoms with E-state index in [1.807, 2.05) is 26.0 Å².